The quantitative estimate of drug-likeness (QED) is 0.264. The van der Waals surface area contributed by atoms with Crippen LogP contribution in [0.2, 0.25) is 0 Å². The largest absolute Gasteiger partial charge is 0.598 e. The van der Waals surface area contributed by atoms with Crippen molar-refractivity contribution < 1.29 is 23.2 Å². The van der Waals surface area contributed by atoms with E-state index in [0.717, 1.165) is 23.8 Å². The van der Waals surface area contributed by atoms with Gasteiger partial charge in [0.25, 0.3) is 0 Å². The lowest BCUT2D eigenvalue weighted by Crippen LogP contribution is -2.50. The molecule has 4 atom stereocenters. The molecule has 0 aliphatic heterocycles. The Balaban J connectivity index is 1.74. The normalized spacial score (nSPS) is 15.4. The number of carbonyl (C=O) groups excluding carboxylic acids is 1. The van der Waals surface area contributed by atoms with Crippen LogP contribution in [0.25, 0.3) is 0 Å². The number of rotatable bonds is 13. The Labute approximate surface area is 202 Å². The van der Waals surface area contributed by atoms with Gasteiger partial charge in [-0.1, -0.05) is 44.2 Å². The maximum absolute atomic E-state index is 13.8. The summed E-state index contributed by atoms with van der Waals surface area (Å²) in [5.74, 6) is -1.64. The van der Waals surface area contributed by atoms with Gasteiger partial charge in [-0.2, -0.15) is 0 Å². The number of hydrogen-bond acceptors (Lipinski definition) is 6. The molecule has 0 fully saturated rings. The topological polar surface area (TPSA) is 136 Å². The summed E-state index contributed by atoms with van der Waals surface area (Å²) in [6, 6.07) is 11.1. The minimum absolute atomic E-state index is 0.0471. The molecule has 7 N–H and O–H groups in total. The van der Waals surface area contributed by atoms with Crippen LogP contribution in [0.5, 0.6) is 0 Å². The second-order valence-corrected chi connectivity index (χ2v) is 10.5. The van der Waals surface area contributed by atoms with E-state index in [-0.39, 0.29) is 30.8 Å². The van der Waals surface area contributed by atoms with Crippen molar-refractivity contribution in [2.75, 3.05) is 18.8 Å². The fraction of sp³-hybridized carbons (Fsp3) is 0.458. The number of benzene rings is 2. The van der Waals surface area contributed by atoms with Gasteiger partial charge in [0, 0.05) is 30.5 Å². The Bertz CT molecular complexity index is 920. The van der Waals surface area contributed by atoms with Crippen molar-refractivity contribution in [1.82, 2.24) is 10.0 Å². The molecule has 0 saturated heterocycles. The zero-order chi connectivity index (χ0) is 25.3. The number of aliphatic hydroxyl groups is 1. The highest BCUT2D eigenvalue weighted by atomic mass is 32.2. The monoisotopic (exact) mass is 496 g/mol. The van der Waals surface area contributed by atoms with Crippen LogP contribution in [0.4, 0.5) is 8.78 Å². The first-order valence-corrected chi connectivity index (χ1v) is 12.4. The van der Waals surface area contributed by atoms with Crippen LogP contribution in [0.3, 0.4) is 0 Å². The second kappa shape index (κ2) is 13.1. The molecular weight excluding hydrogens is 462 g/mol. The first-order valence-electron chi connectivity index (χ1n) is 11.0. The molecule has 2 rings (SSSR count). The molecule has 7 nitrogen and oxygen atoms in total. The number of aliphatic hydroxyl groups excluding tert-OH is 1. The lowest BCUT2D eigenvalue weighted by atomic mass is 9.93. The van der Waals surface area contributed by atoms with Crippen molar-refractivity contribution in [1.29, 1.82) is 0 Å². The molecule has 0 heterocycles. The lowest BCUT2D eigenvalue weighted by molar-refractivity contribution is -0.130. The van der Waals surface area contributed by atoms with Crippen LogP contribution in [-0.4, -0.2) is 52.6 Å². The minimum atomic E-state index is -1.51. The maximum Gasteiger partial charge on any atom is 0.250 e. The number of hydrogen-bond donors (Lipinski definition) is 5. The van der Waals surface area contributed by atoms with Gasteiger partial charge in [0.15, 0.2) is 0 Å². The summed E-state index contributed by atoms with van der Waals surface area (Å²) in [5, 5.41) is 12.9. The van der Waals surface area contributed by atoms with Gasteiger partial charge >= 0.3 is 0 Å². The molecule has 0 saturated carbocycles. The average Bonchev–Trinajstić information content (AvgIpc) is 2.78. The Kier molecular flexibility index (Phi) is 10.9. The lowest BCUT2D eigenvalue weighted by Gasteiger charge is -2.27. The summed E-state index contributed by atoms with van der Waals surface area (Å²) < 4.78 is 42.3. The molecule has 0 bridgehead atoms. The molecule has 2 aromatic carbocycles. The summed E-state index contributed by atoms with van der Waals surface area (Å²) in [5.41, 5.74) is 12.5. The van der Waals surface area contributed by atoms with E-state index in [0.29, 0.717) is 6.42 Å². The number of halogens is 2. The standard InChI is InChI=1S/C24H34F2N4O3S/c1-24(2,14-29-23(32)22(31)21(28)10-16-6-4-3-5-7-16)15-30-34(33)13-19(27)12-17-11-18(25)8-9-20(17)26/h3-9,11,19,21-22,30-31H,10,12-15,27-28H2,1-2H3,(H,29,32). The van der Waals surface area contributed by atoms with Crippen LogP contribution < -0.4 is 21.5 Å². The SMILES string of the molecule is CC(C)(CNC(=O)C(O)C(N)Cc1ccccc1)CN[S+]([O-])CC(N)Cc1cc(F)ccc1F. The minimum Gasteiger partial charge on any atom is -0.598 e. The Morgan fingerprint density at radius 3 is 2.47 bits per heavy atom. The van der Waals surface area contributed by atoms with Gasteiger partial charge in [-0.3, -0.25) is 4.79 Å². The van der Waals surface area contributed by atoms with Crippen LogP contribution >= 0.6 is 0 Å². The Hall–Kier alpha value is -2.08. The van der Waals surface area contributed by atoms with Gasteiger partial charge in [0.05, 0.1) is 6.04 Å². The molecule has 0 aliphatic carbocycles. The van der Waals surface area contributed by atoms with E-state index in [2.05, 4.69) is 10.0 Å². The van der Waals surface area contributed by atoms with Crippen molar-refractivity contribution in [3.05, 3.63) is 71.3 Å². The predicted molar refractivity (Wildman–Crippen MR) is 130 cm³/mol. The van der Waals surface area contributed by atoms with Gasteiger partial charge in [0.1, 0.15) is 23.5 Å². The summed E-state index contributed by atoms with van der Waals surface area (Å²) in [7, 11) is 0. The number of nitrogens with two attached hydrogens (primary N) is 2. The van der Waals surface area contributed by atoms with Crippen LogP contribution in [-0.2, 0) is 29.0 Å². The fourth-order valence-electron chi connectivity index (χ4n) is 3.26. The van der Waals surface area contributed by atoms with Crippen molar-refractivity contribution in [2.45, 2.75) is 44.9 Å². The molecular formula is C24H34F2N4O3S. The van der Waals surface area contributed by atoms with Gasteiger partial charge in [-0.25, -0.2) is 8.78 Å². The third-order valence-electron chi connectivity index (χ3n) is 5.30. The zero-order valence-corrected chi connectivity index (χ0v) is 20.3. The maximum atomic E-state index is 13.8. The number of nitrogens with one attached hydrogen (secondary N) is 2. The van der Waals surface area contributed by atoms with Crippen molar-refractivity contribution in [3.8, 4) is 0 Å². The summed E-state index contributed by atoms with van der Waals surface area (Å²) in [6.07, 6.45) is -0.948. The van der Waals surface area contributed by atoms with E-state index < -0.39 is 52.5 Å². The summed E-state index contributed by atoms with van der Waals surface area (Å²) in [4.78, 5) is 12.3. The van der Waals surface area contributed by atoms with Crippen molar-refractivity contribution in [3.63, 3.8) is 0 Å². The predicted octanol–water partition coefficient (Wildman–Crippen LogP) is 1.16. The highest BCUT2D eigenvalue weighted by molar-refractivity contribution is 7.89. The highest BCUT2D eigenvalue weighted by Gasteiger charge is 2.27. The number of carbonyl (C=O) groups is 1. The van der Waals surface area contributed by atoms with Crippen molar-refractivity contribution >= 4 is 17.3 Å². The molecule has 0 aromatic heterocycles. The zero-order valence-electron chi connectivity index (χ0n) is 19.5. The van der Waals surface area contributed by atoms with Crippen molar-refractivity contribution in [2.24, 2.45) is 16.9 Å². The molecule has 34 heavy (non-hydrogen) atoms. The molecule has 1 amide bonds. The molecule has 2 aromatic rings. The van der Waals surface area contributed by atoms with E-state index in [1.807, 2.05) is 44.2 Å². The fourth-order valence-corrected chi connectivity index (χ4v) is 4.43. The molecule has 4 unspecified atom stereocenters. The smallest absolute Gasteiger partial charge is 0.250 e. The average molecular weight is 497 g/mol. The first kappa shape index (κ1) is 28.2. The Morgan fingerprint density at radius 1 is 1.12 bits per heavy atom. The third-order valence-corrected chi connectivity index (χ3v) is 6.49. The van der Waals surface area contributed by atoms with Gasteiger partial charge in [0.2, 0.25) is 5.91 Å². The van der Waals surface area contributed by atoms with E-state index >= 15 is 0 Å². The Morgan fingerprint density at radius 2 is 1.79 bits per heavy atom. The summed E-state index contributed by atoms with van der Waals surface area (Å²) in [6.45, 7) is 4.21. The highest BCUT2D eigenvalue weighted by Crippen LogP contribution is 2.15. The van der Waals surface area contributed by atoms with Crippen LogP contribution in [0.15, 0.2) is 48.5 Å². The molecule has 0 aliphatic rings. The first-order chi connectivity index (χ1) is 16.0. The van der Waals surface area contributed by atoms with Crippen LogP contribution in [0, 0.1) is 17.0 Å². The van der Waals surface area contributed by atoms with Gasteiger partial charge in [-0.05, 0) is 47.6 Å². The second-order valence-electron chi connectivity index (χ2n) is 9.21. The molecule has 0 radical (unpaired) electrons. The summed E-state index contributed by atoms with van der Waals surface area (Å²) >= 11 is -1.51. The van der Waals surface area contributed by atoms with Gasteiger partial charge in [-0.15, -0.1) is 4.72 Å². The number of amides is 1. The van der Waals surface area contributed by atoms with E-state index in [1.54, 1.807) is 0 Å². The van der Waals surface area contributed by atoms with E-state index in [9.17, 15) is 23.2 Å². The van der Waals surface area contributed by atoms with Crippen LogP contribution in [0.1, 0.15) is 25.0 Å². The van der Waals surface area contributed by atoms with E-state index in [1.165, 1.54) is 0 Å². The van der Waals surface area contributed by atoms with Gasteiger partial charge < -0.3 is 26.4 Å². The molecule has 188 valence electrons. The molecule has 0 spiro atoms. The third kappa shape index (κ3) is 9.65. The molecule has 10 heteroatoms. The van der Waals surface area contributed by atoms with E-state index in [4.69, 9.17) is 11.5 Å².